The number of aryl methyl sites for hydroxylation is 2. The van der Waals surface area contributed by atoms with Crippen LogP contribution in [0.2, 0.25) is 0 Å². The Balaban J connectivity index is 2.16. The Kier molecular flexibility index (Phi) is 7.62. The third-order valence-corrected chi connectivity index (χ3v) is 7.21. The number of rotatable bonds is 9. The summed E-state index contributed by atoms with van der Waals surface area (Å²) in [6.07, 6.45) is 0. The molecule has 29 heavy (non-hydrogen) atoms. The highest BCUT2D eigenvalue weighted by molar-refractivity contribution is 7.89. The third kappa shape index (κ3) is 5.46. The van der Waals surface area contributed by atoms with E-state index in [0.29, 0.717) is 30.9 Å². The van der Waals surface area contributed by atoms with E-state index in [9.17, 15) is 13.2 Å². The van der Waals surface area contributed by atoms with Gasteiger partial charge in [-0.25, -0.2) is 8.42 Å². The van der Waals surface area contributed by atoms with Crippen molar-refractivity contribution in [1.29, 1.82) is 0 Å². The predicted molar refractivity (Wildman–Crippen MR) is 114 cm³/mol. The number of benzene rings is 1. The van der Waals surface area contributed by atoms with E-state index in [1.807, 2.05) is 31.0 Å². The SMILES string of the molecule is CCN(CC)S(=O)(=O)c1cc(NC(=O)[C@H](C)N(C)Cc2ccc(C)o2)ccc1C. The fourth-order valence-electron chi connectivity index (χ4n) is 3.06. The lowest BCUT2D eigenvalue weighted by Crippen LogP contribution is -2.39. The van der Waals surface area contributed by atoms with Crippen molar-refractivity contribution in [3.63, 3.8) is 0 Å². The van der Waals surface area contributed by atoms with Crippen LogP contribution in [0, 0.1) is 13.8 Å². The van der Waals surface area contributed by atoms with Crippen molar-refractivity contribution in [2.75, 3.05) is 25.5 Å². The van der Waals surface area contributed by atoms with Gasteiger partial charge in [-0.15, -0.1) is 0 Å². The second-order valence-electron chi connectivity index (χ2n) is 7.16. The summed E-state index contributed by atoms with van der Waals surface area (Å²) in [5.41, 5.74) is 1.11. The minimum atomic E-state index is -3.61. The molecule has 0 saturated heterocycles. The lowest BCUT2D eigenvalue weighted by Gasteiger charge is -2.23. The van der Waals surface area contributed by atoms with Gasteiger partial charge in [0.05, 0.1) is 17.5 Å². The first kappa shape index (κ1) is 23.1. The molecular formula is C21H31N3O4S. The number of furan rings is 1. The first-order valence-corrected chi connectivity index (χ1v) is 11.2. The number of nitrogens with one attached hydrogen (secondary N) is 1. The minimum absolute atomic E-state index is 0.214. The van der Waals surface area contributed by atoms with Gasteiger partial charge in [-0.05, 0) is 57.6 Å². The van der Waals surface area contributed by atoms with Gasteiger partial charge in [0.2, 0.25) is 15.9 Å². The van der Waals surface area contributed by atoms with Crippen LogP contribution in [0.4, 0.5) is 5.69 Å². The van der Waals surface area contributed by atoms with Crippen LogP contribution in [-0.4, -0.2) is 49.7 Å². The largest absolute Gasteiger partial charge is 0.465 e. The van der Waals surface area contributed by atoms with Crippen LogP contribution >= 0.6 is 0 Å². The van der Waals surface area contributed by atoms with Crippen molar-refractivity contribution in [2.45, 2.75) is 52.1 Å². The molecule has 1 amide bonds. The topological polar surface area (TPSA) is 82.9 Å². The van der Waals surface area contributed by atoms with Crippen LogP contribution in [0.5, 0.6) is 0 Å². The van der Waals surface area contributed by atoms with Gasteiger partial charge in [-0.2, -0.15) is 4.31 Å². The van der Waals surface area contributed by atoms with E-state index < -0.39 is 16.1 Å². The molecule has 7 nitrogen and oxygen atoms in total. The normalized spacial score (nSPS) is 13.1. The fourth-order valence-corrected chi connectivity index (χ4v) is 4.77. The van der Waals surface area contributed by atoms with Crippen LogP contribution in [-0.2, 0) is 21.4 Å². The van der Waals surface area contributed by atoms with Gasteiger partial charge < -0.3 is 9.73 Å². The zero-order chi connectivity index (χ0) is 21.8. The van der Waals surface area contributed by atoms with Crippen molar-refractivity contribution < 1.29 is 17.6 Å². The molecule has 0 spiro atoms. The van der Waals surface area contributed by atoms with Gasteiger partial charge in [-0.3, -0.25) is 9.69 Å². The van der Waals surface area contributed by atoms with Crippen LogP contribution in [0.15, 0.2) is 39.6 Å². The summed E-state index contributed by atoms with van der Waals surface area (Å²) >= 11 is 0. The van der Waals surface area contributed by atoms with Gasteiger partial charge in [0.1, 0.15) is 11.5 Å². The Morgan fingerprint density at radius 1 is 1.14 bits per heavy atom. The fraction of sp³-hybridized carbons (Fsp3) is 0.476. The van der Waals surface area contributed by atoms with Crippen LogP contribution < -0.4 is 5.32 Å². The molecule has 0 unspecified atom stereocenters. The molecule has 0 bridgehead atoms. The number of likely N-dealkylation sites (N-methyl/N-ethyl adjacent to an activating group) is 1. The van der Waals surface area contributed by atoms with Crippen LogP contribution in [0.1, 0.15) is 37.9 Å². The molecule has 1 aromatic heterocycles. The third-order valence-electron chi connectivity index (χ3n) is 5.02. The molecule has 1 atom stereocenters. The van der Waals surface area contributed by atoms with E-state index in [1.54, 1.807) is 39.8 Å². The highest BCUT2D eigenvalue weighted by Gasteiger charge is 2.25. The molecule has 1 heterocycles. The van der Waals surface area contributed by atoms with Gasteiger partial charge >= 0.3 is 0 Å². The number of carbonyl (C=O) groups excluding carboxylic acids is 1. The van der Waals surface area contributed by atoms with E-state index in [1.165, 1.54) is 10.4 Å². The average molecular weight is 422 g/mol. The maximum Gasteiger partial charge on any atom is 0.243 e. The van der Waals surface area contributed by atoms with E-state index in [2.05, 4.69) is 5.32 Å². The summed E-state index contributed by atoms with van der Waals surface area (Å²) in [4.78, 5) is 14.8. The number of amides is 1. The molecule has 0 fully saturated rings. The molecule has 0 saturated carbocycles. The van der Waals surface area contributed by atoms with Gasteiger partial charge in [-0.1, -0.05) is 19.9 Å². The van der Waals surface area contributed by atoms with Gasteiger partial charge in [0.25, 0.3) is 0 Å². The summed E-state index contributed by atoms with van der Waals surface area (Å²) in [6.45, 7) is 10.3. The number of carbonyl (C=O) groups is 1. The lowest BCUT2D eigenvalue weighted by molar-refractivity contribution is -0.120. The highest BCUT2D eigenvalue weighted by atomic mass is 32.2. The Morgan fingerprint density at radius 2 is 1.79 bits per heavy atom. The lowest BCUT2D eigenvalue weighted by atomic mass is 10.2. The number of hydrogen-bond donors (Lipinski definition) is 1. The Labute approximate surface area is 173 Å². The zero-order valence-electron chi connectivity index (χ0n) is 18.0. The van der Waals surface area contributed by atoms with Crippen molar-refractivity contribution >= 4 is 21.6 Å². The Bertz CT molecular complexity index is 949. The van der Waals surface area contributed by atoms with E-state index >= 15 is 0 Å². The molecule has 0 aliphatic heterocycles. The number of anilines is 1. The zero-order valence-corrected chi connectivity index (χ0v) is 18.8. The van der Waals surface area contributed by atoms with E-state index in [0.717, 1.165) is 11.5 Å². The molecule has 2 aromatic rings. The first-order valence-electron chi connectivity index (χ1n) is 9.77. The van der Waals surface area contributed by atoms with Crippen molar-refractivity contribution in [2.24, 2.45) is 0 Å². The molecule has 160 valence electrons. The summed E-state index contributed by atoms with van der Waals surface area (Å²) in [5, 5.41) is 2.83. The monoisotopic (exact) mass is 421 g/mol. The summed E-state index contributed by atoms with van der Waals surface area (Å²) in [5.74, 6) is 1.39. The van der Waals surface area contributed by atoms with Crippen molar-refractivity contribution in [3.8, 4) is 0 Å². The standard InChI is InChI=1S/C21H31N3O4S/c1-7-24(8-2)29(26,27)20-13-18(11-9-15(20)3)22-21(25)17(5)23(6)14-19-12-10-16(4)28-19/h9-13,17H,7-8,14H2,1-6H3,(H,22,25)/t17-/m0/s1. The molecule has 8 heteroatoms. The predicted octanol–water partition coefficient (Wildman–Crippen LogP) is 3.39. The second kappa shape index (κ2) is 9.56. The highest BCUT2D eigenvalue weighted by Crippen LogP contribution is 2.24. The quantitative estimate of drug-likeness (QED) is 0.671. The summed E-state index contributed by atoms with van der Waals surface area (Å²) < 4.78 is 32.8. The minimum Gasteiger partial charge on any atom is -0.465 e. The number of nitrogens with zero attached hydrogens (tertiary/aromatic N) is 2. The number of sulfonamides is 1. The van der Waals surface area contributed by atoms with E-state index in [-0.39, 0.29) is 10.8 Å². The molecule has 0 radical (unpaired) electrons. The molecule has 1 N–H and O–H groups in total. The Hall–Kier alpha value is -2.16. The average Bonchev–Trinajstić information content (AvgIpc) is 3.07. The van der Waals surface area contributed by atoms with Crippen molar-refractivity contribution in [1.82, 2.24) is 9.21 Å². The first-order chi connectivity index (χ1) is 13.6. The molecular weight excluding hydrogens is 390 g/mol. The van der Waals surface area contributed by atoms with Crippen LogP contribution in [0.25, 0.3) is 0 Å². The van der Waals surface area contributed by atoms with E-state index in [4.69, 9.17) is 4.42 Å². The maximum absolute atomic E-state index is 12.9. The Morgan fingerprint density at radius 3 is 2.34 bits per heavy atom. The van der Waals surface area contributed by atoms with Gasteiger partial charge in [0, 0.05) is 18.8 Å². The molecule has 0 aliphatic carbocycles. The molecule has 2 rings (SSSR count). The molecule has 0 aliphatic rings. The summed E-state index contributed by atoms with van der Waals surface area (Å²) in [6, 6.07) is 8.32. The molecule has 1 aromatic carbocycles. The van der Waals surface area contributed by atoms with Crippen LogP contribution in [0.3, 0.4) is 0 Å². The maximum atomic E-state index is 12.9. The smallest absolute Gasteiger partial charge is 0.243 e. The summed E-state index contributed by atoms with van der Waals surface area (Å²) in [7, 11) is -1.77. The number of hydrogen-bond acceptors (Lipinski definition) is 5. The second-order valence-corrected chi connectivity index (χ2v) is 9.07. The van der Waals surface area contributed by atoms with Crippen molar-refractivity contribution in [3.05, 3.63) is 47.4 Å². The van der Waals surface area contributed by atoms with Gasteiger partial charge in [0.15, 0.2) is 0 Å².